The molecule has 2 aromatic rings. The summed E-state index contributed by atoms with van der Waals surface area (Å²) in [6.07, 6.45) is 0. The molecule has 0 spiro atoms. The van der Waals surface area contributed by atoms with Gasteiger partial charge in [-0.1, -0.05) is 0 Å². The first-order chi connectivity index (χ1) is 10.3. The zero-order chi connectivity index (χ0) is 14.7. The van der Waals surface area contributed by atoms with E-state index in [0.29, 0.717) is 0 Å². The molecule has 1 N–H and O–H groups in total. The number of aromatic nitrogens is 3. The first-order valence-corrected chi connectivity index (χ1v) is 8.13. The average Bonchev–Trinajstić information content (AvgIpc) is 3.09. The SMILES string of the molecule is Cc1nn(C)c(N2CCOCC2)c1CNCc1cscn1. The lowest BCUT2D eigenvalue weighted by Gasteiger charge is -2.29. The van der Waals surface area contributed by atoms with Crippen LogP contribution < -0.4 is 10.2 Å². The highest BCUT2D eigenvalue weighted by molar-refractivity contribution is 7.07. The molecule has 3 rings (SSSR count). The van der Waals surface area contributed by atoms with Crippen LogP contribution >= 0.6 is 11.3 Å². The van der Waals surface area contributed by atoms with E-state index < -0.39 is 0 Å². The van der Waals surface area contributed by atoms with Gasteiger partial charge in [0.2, 0.25) is 0 Å². The molecular formula is C14H21N5OS. The summed E-state index contributed by atoms with van der Waals surface area (Å²) in [5, 5.41) is 10.1. The summed E-state index contributed by atoms with van der Waals surface area (Å²) in [7, 11) is 2.02. The van der Waals surface area contributed by atoms with E-state index in [2.05, 4.69) is 32.6 Å². The monoisotopic (exact) mass is 307 g/mol. The molecule has 2 aromatic heterocycles. The van der Waals surface area contributed by atoms with Gasteiger partial charge in [-0.05, 0) is 6.92 Å². The van der Waals surface area contributed by atoms with Crippen molar-refractivity contribution in [3.05, 3.63) is 27.8 Å². The second-order valence-corrected chi connectivity index (χ2v) is 5.91. The van der Waals surface area contributed by atoms with Crippen LogP contribution in [0.3, 0.4) is 0 Å². The van der Waals surface area contributed by atoms with Gasteiger partial charge in [0.15, 0.2) is 0 Å². The van der Waals surface area contributed by atoms with E-state index >= 15 is 0 Å². The van der Waals surface area contributed by atoms with Gasteiger partial charge in [-0.25, -0.2) is 4.98 Å². The maximum atomic E-state index is 5.44. The van der Waals surface area contributed by atoms with Crippen LogP contribution in [0.15, 0.2) is 10.9 Å². The summed E-state index contributed by atoms with van der Waals surface area (Å²) in [5.41, 5.74) is 5.32. The number of aryl methyl sites for hydroxylation is 2. The molecule has 7 heteroatoms. The topological polar surface area (TPSA) is 55.2 Å². The second kappa shape index (κ2) is 6.55. The predicted octanol–water partition coefficient (Wildman–Crippen LogP) is 1.31. The van der Waals surface area contributed by atoms with Gasteiger partial charge in [0.25, 0.3) is 0 Å². The predicted molar refractivity (Wildman–Crippen MR) is 83.6 cm³/mol. The van der Waals surface area contributed by atoms with Crippen LogP contribution in [-0.4, -0.2) is 41.1 Å². The number of morpholine rings is 1. The maximum absolute atomic E-state index is 5.44. The third kappa shape index (κ3) is 3.25. The number of hydrogen-bond acceptors (Lipinski definition) is 6. The fourth-order valence-electron chi connectivity index (χ4n) is 2.71. The Morgan fingerprint density at radius 2 is 2.14 bits per heavy atom. The molecule has 1 fully saturated rings. The minimum Gasteiger partial charge on any atom is -0.378 e. The van der Waals surface area contributed by atoms with Gasteiger partial charge in [-0.3, -0.25) is 4.68 Å². The zero-order valence-corrected chi connectivity index (χ0v) is 13.3. The Morgan fingerprint density at radius 3 is 2.86 bits per heavy atom. The minimum atomic E-state index is 0.788. The van der Waals surface area contributed by atoms with Crippen molar-refractivity contribution in [1.82, 2.24) is 20.1 Å². The summed E-state index contributed by atoms with van der Waals surface area (Å²) in [5.74, 6) is 1.21. The van der Waals surface area contributed by atoms with Gasteiger partial charge < -0.3 is 15.0 Å². The first kappa shape index (κ1) is 14.5. The molecule has 0 unspecified atom stereocenters. The Hall–Kier alpha value is -1.44. The third-order valence-corrected chi connectivity index (χ3v) is 4.35. The number of nitrogens with one attached hydrogen (secondary N) is 1. The summed E-state index contributed by atoms with van der Waals surface area (Å²) in [6.45, 7) is 7.11. The Morgan fingerprint density at radius 1 is 1.33 bits per heavy atom. The van der Waals surface area contributed by atoms with Gasteiger partial charge in [0, 0.05) is 44.2 Å². The number of rotatable bonds is 5. The van der Waals surface area contributed by atoms with Crippen molar-refractivity contribution in [2.24, 2.45) is 7.05 Å². The largest absolute Gasteiger partial charge is 0.378 e. The van der Waals surface area contributed by atoms with Crippen LogP contribution in [0.4, 0.5) is 5.82 Å². The van der Waals surface area contributed by atoms with Crippen LogP contribution in [0.2, 0.25) is 0 Å². The van der Waals surface area contributed by atoms with E-state index in [4.69, 9.17) is 4.74 Å². The molecule has 1 aliphatic rings. The number of hydrogen-bond donors (Lipinski definition) is 1. The van der Waals surface area contributed by atoms with E-state index in [-0.39, 0.29) is 0 Å². The van der Waals surface area contributed by atoms with Crippen LogP contribution in [0.25, 0.3) is 0 Å². The Labute approximate surface area is 128 Å². The van der Waals surface area contributed by atoms with Gasteiger partial charge in [-0.15, -0.1) is 11.3 Å². The van der Waals surface area contributed by atoms with Gasteiger partial charge in [0.1, 0.15) is 5.82 Å². The molecule has 0 saturated carbocycles. The standard InChI is InChI=1S/C14H21N5OS/c1-11-13(8-15-7-12-9-21-10-16-12)14(18(2)17-11)19-3-5-20-6-4-19/h9-10,15H,3-8H2,1-2H3. The maximum Gasteiger partial charge on any atom is 0.131 e. The van der Waals surface area contributed by atoms with E-state index in [1.807, 2.05) is 17.2 Å². The summed E-state index contributed by atoms with van der Waals surface area (Å²) >= 11 is 1.63. The minimum absolute atomic E-state index is 0.788. The van der Waals surface area contributed by atoms with Crippen molar-refractivity contribution in [3.63, 3.8) is 0 Å². The molecule has 1 saturated heterocycles. The van der Waals surface area contributed by atoms with Gasteiger partial charge >= 0.3 is 0 Å². The lowest BCUT2D eigenvalue weighted by Crippen LogP contribution is -2.38. The molecule has 0 amide bonds. The molecule has 21 heavy (non-hydrogen) atoms. The van der Waals surface area contributed by atoms with Crippen molar-refractivity contribution in [2.75, 3.05) is 31.2 Å². The molecule has 6 nitrogen and oxygen atoms in total. The third-order valence-electron chi connectivity index (χ3n) is 3.72. The van der Waals surface area contributed by atoms with E-state index in [0.717, 1.165) is 50.8 Å². The smallest absolute Gasteiger partial charge is 0.131 e. The van der Waals surface area contributed by atoms with Crippen molar-refractivity contribution in [2.45, 2.75) is 20.0 Å². The Kier molecular flexibility index (Phi) is 4.52. The lowest BCUT2D eigenvalue weighted by atomic mass is 10.2. The zero-order valence-electron chi connectivity index (χ0n) is 12.5. The summed E-state index contributed by atoms with van der Waals surface area (Å²) < 4.78 is 7.43. The van der Waals surface area contributed by atoms with Crippen molar-refractivity contribution >= 4 is 17.2 Å². The molecule has 1 aliphatic heterocycles. The van der Waals surface area contributed by atoms with E-state index in [1.165, 1.54) is 11.4 Å². The average molecular weight is 307 g/mol. The van der Waals surface area contributed by atoms with E-state index in [1.54, 1.807) is 11.3 Å². The van der Waals surface area contributed by atoms with Gasteiger partial charge in [-0.2, -0.15) is 5.10 Å². The first-order valence-electron chi connectivity index (χ1n) is 7.18. The fraction of sp³-hybridized carbons (Fsp3) is 0.571. The van der Waals surface area contributed by atoms with Crippen LogP contribution in [0.1, 0.15) is 17.0 Å². The highest BCUT2D eigenvalue weighted by Gasteiger charge is 2.20. The number of anilines is 1. The number of nitrogens with zero attached hydrogens (tertiary/aromatic N) is 4. The lowest BCUT2D eigenvalue weighted by molar-refractivity contribution is 0.122. The molecule has 0 radical (unpaired) electrons. The molecule has 0 aliphatic carbocycles. The molecule has 0 aromatic carbocycles. The normalized spacial score (nSPS) is 15.6. The molecule has 114 valence electrons. The molecule has 0 atom stereocenters. The highest BCUT2D eigenvalue weighted by Crippen LogP contribution is 2.24. The van der Waals surface area contributed by atoms with Crippen LogP contribution in [-0.2, 0) is 24.9 Å². The van der Waals surface area contributed by atoms with Crippen molar-refractivity contribution < 1.29 is 4.74 Å². The van der Waals surface area contributed by atoms with Crippen molar-refractivity contribution in [1.29, 1.82) is 0 Å². The molecule has 0 bridgehead atoms. The molecular weight excluding hydrogens is 286 g/mol. The highest BCUT2D eigenvalue weighted by atomic mass is 32.1. The fourth-order valence-corrected chi connectivity index (χ4v) is 3.27. The number of ether oxygens (including phenoxy) is 1. The van der Waals surface area contributed by atoms with Crippen molar-refractivity contribution in [3.8, 4) is 0 Å². The quantitative estimate of drug-likeness (QED) is 0.903. The molecule has 3 heterocycles. The second-order valence-electron chi connectivity index (χ2n) is 5.19. The Balaban J connectivity index is 1.71. The van der Waals surface area contributed by atoms with Crippen LogP contribution in [0, 0.1) is 6.92 Å². The van der Waals surface area contributed by atoms with E-state index in [9.17, 15) is 0 Å². The van der Waals surface area contributed by atoms with Gasteiger partial charge in [0.05, 0.1) is 30.1 Å². The van der Waals surface area contributed by atoms with Crippen LogP contribution in [0.5, 0.6) is 0 Å². The summed E-state index contributed by atoms with van der Waals surface area (Å²) in [6, 6.07) is 0. The number of thiazole rings is 1. The Bertz CT molecular complexity index is 574. The summed E-state index contributed by atoms with van der Waals surface area (Å²) in [4.78, 5) is 6.66.